The molecule has 1 fully saturated rings. The highest BCUT2D eigenvalue weighted by Gasteiger charge is 2.32. The summed E-state index contributed by atoms with van der Waals surface area (Å²) in [6, 6.07) is 19.4. The molecule has 34 heavy (non-hydrogen) atoms. The van der Waals surface area contributed by atoms with Crippen molar-refractivity contribution in [2.75, 3.05) is 30.8 Å². The SMILES string of the molecule is CS(=O)(=O)c1cccc(CC(=O)N2CCN(c3ccc(Cl)cc3Cl)C(c3ccc(Cl)cc3)C2)c1. The average molecular weight is 538 g/mol. The predicted octanol–water partition coefficient (Wildman–Crippen LogP) is 5.68. The molecule has 3 aromatic rings. The van der Waals surface area contributed by atoms with Gasteiger partial charge in [0.1, 0.15) is 0 Å². The summed E-state index contributed by atoms with van der Waals surface area (Å²) in [5, 5.41) is 1.74. The van der Waals surface area contributed by atoms with Gasteiger partial charge in [0.25, 0.3) is 0 Å². The smallest absolute Gasteiger partial charge is 0.227 e. The standard InChI is InChI=1S/C25H23Cl3N2O3S/c1-34(32,33)21-4-2-3-17(13-21)14-25(31)29-11-12-30(23-10-9-20(27)15-22(23)28)24(16-29)18-5-7-19(26)8-6-18/h2-10,13,15,24H,11-12,14,16H2,1H3. The number of halogens is 3. The number of amides is 1. The lowest BCUT2D eigenvalue weighted by atomic mass is 10.0. The minimum Gasteiger partial charge on any atom is -0.360 e. The Kier molecular flexibility index (Phi) is 7.43. The van der Waals surface area contributed by atoms with Crippen LogP contribution in [0.3, 0.4) is 0 Å². The van der Waals surface area contributed by atoms with Crippen LogP contribution < -0.4 is 4.90 Å². The molecule has 0 spiro atoms. The van der Waals surface area contributed by atoms with E-state index >= 15 is 0 Å². The van der Waals surface area contributed by atoms with E-state index in [1.807, 2.05) is 35.2 Å². The number of anilines is 1. The van der Waals surface area contributed by atoms with E-state index < -0.39 is 9.84 Å². The van der Waals surface area contributed by atoms with Gasteiger partial charge in [-0.05, 0) is 53.6 Å². The molecular formula is C25H23Cl3N2O3S. The highest BCUT2D eigenvalue weighted by atomic mass is 35.5. The summed E-state index contributed by atoms with van der Waals surface area (Å²) in [6.45, 7) is 1.53. The van der Waals surface area contributed by atoms with Gasteiger partial charge in [-0.3, -0.25) is 4.79 Å². The molecular weight excluding hydrogens is 515 g/mol. The fraction of sp³-hybridized carbons (Fsp3) is 0.240. The van der Waals surface area contributed by atoms with Crippen LogP contribution in [0, 0.1) is 0 Å². The van der Waals surface area contributed by atoms with Crippen molar-refractivity contribution in [2.45, 2.75) is 17.4 Å². The lowest BCUT2D eigenvalue weighted by molar-refractivity contribution is -0.131. The Morgan fingerprint density at radius 3 is 2.32 bits per heavy atom. The minimum atomic E-state index is -3.34. The summed E-state index contributed by atoms with van der Waals surface area (Å²) in [5.41, 5.74) is 2.52. The topological polar surface area (TPSA) is 57.7 Å². The second kappa shape index (κ2) is 10.2. The quantitative estimate of drug-likeness (QED) is 0.420. The first kappa shape index (κ1) is 24.9. The molecule has 1 saturated heterocycles. The van der Waals surface area contributed by atoms with Crippen molar-refractivity contribution in [3.8, 4) is 0 Å². The first-order valence-corrected chi connectivity index (χ1v) is 13.7. The molecule has 1 atom stereocenters. The van der Waals surface area contributed by atoms with Gasteiger partial charge in [-0.15, -0.1) is 0 Å². The van der Waals surface area contributed by atoms with E-state index in [0.717, 1.165) is 17.5 Å². The van der Waals surface area contributed by atoms with Crippen LogP contribution in [0.2, 0.25) is 15.1 Å². The molecule has 0 radical (unpaired) electrons. The molecule has 1 aliphatic heterocycles. The molecule has 9 heteroatoms. The highest BCUT2D eigenvalue weighted by molar-refractivity contribution is 7.90. The molecule has 0 saturated carbocycles. The van der Waals surface area contributed by atoms with Gasteiger partial charge < -0.3 is 9.80 Å². The number of sulfone groups is 1. The Hall–Kier alpha value is -2.25. The lowest BCUT2D eigenvalue weighted by Gasteiger charge is -2.43. The summed E-state index contributed by atoms with van der Waals surface area (Å²) < 4.78 is 23.8. The maximum atomic E-state index is 13.2. The summed E-state index contributed by atoms with van der Waals surface area (Å²) in [4.78, 5) is 17.4. The molecule has 3 aromatic carbocycles. The van der Waals surface area contributed by atoms with Gasteiger partial charge in [-0.25, -0.2) is 8.42 Å². The first-order valence-electron chi connectivity index (χ1n) is 10.7. The second-order valence-electron chi connectivity index (χ2n) is 8.29. The molecule has 1 amide bonds. The Bertz CT molecular complexity index is 1310. The Morgan fingerprint density at radius 1 is 0.941 bits per heavy atom. The second-order valence-corrected chi connectivity index (χ2v) is 11.6. The zero-order valence-corrected chi connectivity index (χ0v) is 21.5. The first-order chi connectivity index (χ1) is 16.1. The molecule has 4 rings (SSSR count). The number of hydrogen-bond donors (Lipinski definition) is 0. The third-order valence-corrected chi connectivity index (χ3v) is 7.79. The molecule has 178 valence electrons. The van der Waals surface area contributed by atoms with Crippen molar-refractivity contribution >= 4 is 56.2 Å². The molecule has 0 aliphatic carbocycles. The zero-order chi connectivity index (χ0) is 24.5. The molecule has 1 heterocycles. The lowest BCUT2D eigenvalue weighted by Crippen LogP contribution is -2.51. The monoisotopic (exact) mass is 536 g/mol. The number of rotatable bonds is 5. The van der Waals surface area contributed by atoms with E-state index in [9.17, 15) is 13.2 Å². The van der Waals surface area contributed by atoms with E-state index in [1.165, 1.54) is 6.07 Å². The molecule has 0 N–H and O–H groups in total. The molecule has 1 aliphatic rings. The van der Waals surface area contributed by atoms with Gasteiger partial charge in [0.05, 0.1) is 28.1 Å². The minimum absolute atomic E-state index is 0.0635. The van der Waals surface area contributed by atoms with E-state index in [4.69, 9.17) is 34.8 Å². The zero-order valence-electron chi connectivity index (χ0n) is 18.4. The van der Waals surface area contributed by atoms with E-state index in [0.29, 0.717) is 40.3 Å². The Morgan fingerprint density at radius 2 is 1.65 bits per heavy atom. The number of nitrogens with zero attached hydrogens (tertiary/aromatic N) is 2. The summed E-state index contributed by atoms with van der Waals surface area (Å²) in [6.07, 6.45) is 1.28. The Labute approximate surface area is 214 Å². The van der Waals surface area contributed by atoms with Crippen molar-refractivity contribution in [3.05, 3.63) is 92.9 Å². The fourth-order valence-electron chi connectivity index (χ4n) is 4.15. The third-order valence-electron chi connectivity index (χ3n) is 5.89. The van der Waals surface area contributed by atoms with Crippen LogP contribution in [0.1, 0.15) is 17.2 Å². The maximum absolute atomic E-state index is 13.2. The number of hydrogen-bond acceptors (Lipinski definition) is 4. The van der Waals surface area contributed by atoms with Crippen molar-refractivity contribution in [3.63, 3.8) is 0 Å². The van der Waals surface area contributed by atoms with Crippen molar-refractivity contribution in [1.82, 2.24) is 4.90 Å². The van der Waals surface area contributed by atoms with Crippen LogP contribution >= 0.6 is 34.8 Å². The van der Waals surface area contributed by atoms with Gasteiger partial charge in [0, 0.05) is 35.9 Å². The largest absolute Gasteiger partial charge is 0.360 e. The van der Waals surface area contributed by atoms with Crippen LogP contribution in [-0.2, 0) is 21.1 Å². The van der Waals surface area contributed by atoms with Crippen molar-refractivity contribution in [2.24, 2.45) is 0 Å². The summed E-state index contributed by atoms with van der Waals surface area (Å²) in [5.74, 6) is -0.0635. The summed E-state index contributed by atoms with van der Waals surface area (Å²) >= 11 is 18.7. The van der Waals surface area contributed by atoms with Crippen LogP contribution in [0.4, 0.5) is 5.69 Å². The van der Waals surface area contributed by atoms with E-state index in [2.05, 4.69) is 4.90 Å². The van der Waals surface area contributed by atoms with Crippen LogP contribution in [0.5, 0.6) is 0 Å². The predicted molar refractivity (Wildman–Crippen MR) is 138 cm³/mol. The van der Waals surface area contributed by atoms with Gasteiger partial charge in [-0.1, -0.05) is 59.1 Å². The normalized spacial score (nSPS) is 16.5. The van der Waals surface area contributed by atoms with Crippen molar-refractivity contribution in [1.29, 1.82) is 0 Å². The highest BCUT2D eigenvalue weighted by Crippen LogP contribution is 2.37. The number of carbonyl (C=O) groups excluding carboxylic acids is 1. The average Bonchev–Trinajstić information content (AvgIpc) is 2.79. The maximum Gasteiger partial charge on any atom is 0.227 e. The molecule has 0 aromatic heterocycles. The summed E-state index contributed by atoms with van der Waals surface area (Å²) in [7, 11) is -3.34. The molecule has 5 nitrogen and oxygen atoms in total. The van der Waals surface area contributed by atoms with Crippen LogP contribution in [0.25, 0.3) is 0 Å². The van der Waals surface area contributed by atoms with Gasteiger partial charge >= 0.3 is 0 Å². The van der Waals surface area contributed by atoms with Crippen LogP contribution in [0.15, 0.2) is 71.6 Å². The van der Waals surface area contributed by atoms with Gasteiger partial charge in [-0.2, -0.15) is 0 Å². The van der Waals surface area contributed by atoms with Crippen LogP contribution in [-0.4, -0.2) is 45.1 Å². The number of piperazine rings is 1. The van der Waals surface area contributed by atoms with Gasteiger partial charge in [0.15, 0.2) is 9.84 Å². The number of benzene rings is 3. The number of carbonyl (C=O) groups is 1. The van der Waals surface area contributed by atoms with E-state index in [-0.39, 0.29) is 23.3 Å². The van der Waals surface area contributed by atoms with Crippen molar-refractivity contribution < 1.29 is 13.2 Å². The van der Waals surface area contributed by atoms with Gasteiger partial charge in [0.2, 0.25) is 5.91 Å². The molecule has 0 bridgehead atoms. The molecule has 1 unspecified atom stereocenters. The Balaban J connectivity index is 1.59. The van der Waals surface area contributed by atoms with E-state index in [1.54, 1.807) is 30.3 Å². The third kappa shape index (κ3) is 5.69. The fourth-order valence-corrected chi connectivity index (χ4v) is 5.49.